The fourth-order valence-corrected chi connectivity index (χ4v) is 3.18. The van der Waals surface area contributed by atoms with E-state index >= 15 is 0 Å². The van der Waals surface area contributed by atoms with Crippen LogP contribution in [-0.4, -0.2) is 48.8 Å². The molecule has 1 aliphatic heterocycles. The van der Waals surface area contributed by atoms with E-state index in [0.717, 1.165) is 5.56 Å². The normalized spacial score (nSPS) is 19.9. The lowest BCUT2D eigenvalue weighted by Gasteiger charge is -2.27. The molecule has 1 atom stereocenters. The Bertz CT molecular complexity index is 493. The Kier molecular flexibility index (Phi) is 4.00. The predicted octanol–water partition coefficient (Wildman–Crippen LogP) is -0.352. The van der Waals surface area contributed by atoms with Gasteiger partial charge in [-0.15, -0.1) is 0 Å². The molecule has 1 aromatic rings. The van der Waals surface area contributed by atoms with Gasteiger partial charge in [-0.1, -0.05) is 0 Å². The third kappa shape index (κ3) is 3.08. The average molecular weight is 274 g/mol. The SMILES string of the molecule is CC(NS(=O)(=O)N1CCOCC1)c1cnn(C)c1. The molecule has 7 nitrogen and oxygen atoms in total. The van der Waals surface area contributed by atoms with E-state index in [1.165, 1.54) is 4.31 Å². The molecule has 2 rings (SSSR count). The molecule has 102 valence electrons. The van der Waals surface area contributed by atoms with Crippen LogP contribution in [0.3, 0.4) is 0 Å². The zero-order valence-electron chi connectivity index (χ0n) is 10.5. The summed E-state index contributed by atoms with van der Waals surface area (Å²) in [6.07, 6.45) is 3.46. The molecule has 0 aromatic carbocycles. The summed E-state index contributed by atoms with van der Waals surface area (Å²) < 4.78 is 35.1. The van der Waals surface area contributed by atoms with E-state index in [9.17, 15) is 8.42 Å². The number of nitrogens with one attached hydrogen (secondary N) is 1. The van der Waals surface area contributed by atoms with Crippen molar-refractivity contribution in [1.29, 1.82) is 0 Å². The fourth-order valence-electron chi connectivity index (χ4n) is 1.82. The van der Waals surface area contributed by atoms with E-state index in [-0.39, 0.29) is 6.04 Å². The van der Waals surface area contributed by atoms with Crippen LogP contribution < -0.4 is 4.72 Å². The number of hydrogen-bond acceptors (Lipinski definition) is 4. The minimum atomic E-state index is -3.46. The van der Waals surface area contributed by atoms with Crippen molar-refractivity contribution in [2.75, 3.05) is 26.3 Å². The van der Waals surface area contributed by atoms with E-state index in [1.807, 2.05) is 0 Å². The lowest BCUT2D eigenvalue weighted by molar-refractivity contribution is 0.0723. The number of aryl methyl sites for hydroxylation is 1. The van der Waals surface area contributed by atoms with E-state index in [1.54, 1.807) is 31.0 Å². The van der Waals surface area contributed by atoms with Gasteiger partial charge >= 0.3 is 0 Å². The van der Waals surface area contributed by atoms with Crippen molar-refractivity contribution in [2.45, 2.75) is 13.0 Å². The molecule has 0 saturated carbocycles. The van der Waals surface area contributed by atoms with Crippen LogP contribution >= 0.6 is 0 Å². The number of morpholine rings is 1. The molecule has 18 heavy (non-hydrogen) atoms. The molecular weight excluding hydrogens is 256 g/mol. The van der Waals surface area contributed by atoms with Gasteiger partial charge in [-0.05, 0) is 6.92 Å². The fraction of sp³-hybridized carbons (Fsp3) is 0.700. The van der Waals surface area contributed by atoms with Crippen LogP contribution in [0.2, 0.25) is 0 Å². The molecule has 0 amide bonds. The van der Waals surface area contributed by atoms with Crippen molar-refractivity contribution < 1.29 is 13.2 Å². The minimum absolute atomic E-state index is 0.299. The van der Waals surface area contributed by atoms with Gasteiger partial charge in [0, 0.05) is 37.9 Å². The van der Waals surface area contributed by atoms with Gasteiger partial charge in [-0.3, -0.25) is 4.68 Å². The number of aromatic nitrogens is 2. The molecular formula is C10H18N4O3S. The van der Waals surface area contributed by atoms with E-state index in [2.05, 4.69) is 9.82 Å². The van der Waals surface area contributed by atoms with Gasteiger partial charge < -0.3 is 4.74 Å². The Hall–Kier alpha value is -0.960. The van der Waals surface area contributed by atoms with Crippen molar-refractivity contribution >= 4 is 10.2 Å². The number of rotatable bonds is 4. The van der Waals surface area contributed by atoms with Gasteiger partial charge in [0.15, 0.2) is 0 Å². The topological polar surface area (TPSA) is 76.5 Å². The zero-order valence-corrected chi connectivity index (χ0v) is 11.4. The minimum Gasteiger partial charge on any atom is -0.379 e. The van der Waals surface area contributed by atoms with Crippen molar-refractivity contribution in [2.24, 2.45) is 7.05 Å². The molecule has 8 heteroatoms. The molecule has 0 radical (unpaired) electrons. The summed E-state index contributed by atoms with van der Waals surface area (Å²) >= 11 is 0. The molecule has 0 bridgehead atoms. The first-order valence-corrected chi connectivity index (χ1v) is 7.27. The van der Waals surface area contributed by atoms with E-state index in [0.29, 0.717) is 26.3 Å². The molecule has 0 aliphatic carbocycles. The summed E-state index contributed by atoms with van der Waals surface area (Å²) in [7, 11) is -1.66. The zero-order chi connectivity index (χ0) is 13.2. The number of ether oxygens (including phenoxy) is 1. The highest BCUT2D eigenvalue weighted by molar-refractivity contribution is 7.87. The second-order valence-corrected chi connectivity index (χ2v) is 6.01. The second-order valence-electron chi connectivity index (χ2n) is 4.30. The lowest BCUT2D eigenvalue weighted by Crippen LogP contribution is -2.47. The molecule has 1 unspecified atom stereocenters. The maximum Gasteiger partial charge on any atom is 0.280 e. The van der Waals surface area contributed by atoms with Crippen LogP contribution in [0.25, 0.3) is 0 Å². The summed E-state index contributed by atoms with van der Waals surface area (Å²) in [4.78, 5) is 0. The van der Waals surface area contributed by atoms with Gasteiger partial charge in [0.2, 0.25) is 0 Å². The lowest BCUT2D eigenvalue weighted by atomic mass is 10.2. The van der Waals surface area contributed by atoms with Crippen molar-refractivity contribution in [1.82, 2.24) is 18.8 Å². The Morgan fingerprint density at radius 2 is 2.11 bits per heavy atom. The summed E-state index contributed by atoms with van der Waals surface area (Å²) in [5.74, 6) is 0. The Balaban J connectivity index is 2.03. The second kappa shape index (κ2) is 5.35. The highest BCUT2D eigenvalue weighted by Gasteiger charge is 2.26. The molecule has 2 heterocycles. The molecule has 0 spiro atoms. The molecule has 1 aromatic heterocycles. The van der Waals surface area contributed by atoms with E-state index < -0.39 is 10.2 Å². The quantitative estimate of drug-likeness (QED) is 0.814. The van der Waals surface area contributed by atoms with Gasteiger partial charge in [-0.25, -0.2) is 0 Å². The van der Waals surface area contributed by atoms with E-state index in [4.69, 9.17) is 4.74 Å². The maximum absolute atomic E-state index is 12.1. The summed E-state index contributed by atoms with van der Waals surface area (Å²) in [6, 6.07) is -0.299. The van der Waals surface area contributed by atoms with Crippen molar-refractivity contribution in [3.8, 4) is 0 Å². The van der Waals surface area contributed by atoms with Crippen LogP contribution in [0.4, 0.5) is 0 Å². The third-order valence-corrected chi connectivity index (χ3v) is 4.56. The summed E-state index contributed by atoms with van der Waals surface area (Å²) in [6.45, 7) is 3.49. The first-order chi connectivity index (χ1) is 8.49. The molecule has 1 fully saturated rings. The first-order valence-electron chi connectivity index (χ1n) is 5.83. The van der Waals surface area contributed by atoms with Crippen LogP contribution in [0.1, 0.15) is 18.5 Å². The van der Waals surface area contributed by atoms with Gasteiger partial charge in [0.25, 0.3) is 10.2 Å². The van der Waals surface area contributed by atoms with Crippen molar-refractivity contribution in [3.05, 3.63) is 18.0 Å². The van der Waals surface area contributed by atoms with Gasteiger partial charge in [0.05, 0.1) is 19.4 Å². The van der Waals surface area contributed by atoms with Gasteiger partial charge in [0.1, 0.15) is 0 Å². The van der Waals surface area contributed by atoms with Gasteiger partial charge in [-0.2, -0.15) is 22.5 Å². The highest BCUT2D eigenvalue weighted by Crippen LogP contribution is 2.13. The van der Waals surface area contributed by atoms with Crippen LogP contribution in [0.5, 0.6) is 0 Å². The Labute approximate surface area is 107 Å². The van der Waals surface area contributed by atoms with Crippen LogP contribution in [0, 0.1) is 0 Å². The average Bonchev–Trinajstić information content (AvgIpc) is 2.77. The Morgan fingerprint density at radius 3 is 2.67 bits per heavy atom. The summed E-state index contributed by atoms with van der Waals surface area (Å²) in [5.41, 5.74) is 0.842. The standard InChI is InChI=1S/C10H18N4O3S/c1-9(10-7-11-13(2)8-10)12-18(15,16)14-3-5-17-6-4-14/h7-9,12H,3-6H2,1-2H3. The molecule has 1 saturated heterocycles. The van der Waals surface area contributed by atoms with Crippen LogP contribution in [0.15, 0.2) is 12.4 Å². The summed E-state index contributed by atoms with van der Waals surface area (Å²) in [5, 5.41) is 4.03. The predicted molar refractivity (Wildman–Crippen MR) is 66.1 cm³/mol. The first kappa shape index (κ1) is 13.5. The smallest absolute Gasteiger partial charge is 0.280 e. The van der Waals surface area contributed by atoms with Crippen molar-refractivity contribution in [3.63, 3.8) is 0 Å². The van der Waals surface area contributed by atoms with Crippen LogP contribution in [-0.2, 0) is 22.0 Å². The molecule has 1 N–H and O–H groups in total. The monoisotopic (exact) mass is 274 g/mol. The largest absolute Gasteiger partial charge is 0.379 e. The number of hydrogen-bond donors (Lipinski definition) is 1. The highest BCUT2D eigenvalue weighted by atomic mass is 32.2. The third-order valence-electron chi connectivity index (χ3n) is 2.86. The molecule has 1 aliphatic rings. The number of nitrogens with zero attached hydrogens (tertiary/aromatic N) is 3. The Morgan fingerprint density at radius 1 is 1.44 bits per heavy atom. The maximum atomic E-state index is 12.1.